The van der Waals surface area contributed by atoms with Crippen molar-refractivity contribution in [3.8, 4) is 11.5 Å². The molecule has 0 heterocycles. The maximum absolute atomic E-state index is 14.4. The SMILES string of the molecule is CSCC[C@H](NC(=O)[C@H](Cc1ccccc1)NC(=O)CNC(=O)CNC(=O)[C@H](Cc1ccc(O)cc1)NC(=O)[C@H](CCCN=C(N)N)NC(=O)[C@H](CCSC)NC(=O)[C@H](Cc1ccccc1)NC(=O)CNC(=O)CNC(=O)[C@@H](N)Cc1ccc(O)cc1)C(=O)O. The maximum atomic E-state index is 14.4. The van der Waals surface area contributed by atoms with Gasteiger partial charge in [0.15, 0.2) is 5.96 Å². The molecule has 0 radical (unpaired) electrons. The lowest BCUT2D eigenvalue weighted by Gasteiger charge is -2.27. The standard InChI is InChI=1S/C60H80N14O14S2/c1-89-26-23-44(72-57(85)47(29-36-10-5-3-6-11-36)69-51(79)34-65-49(77)32-67-53(81)42(61)28-38-15-19-40(75)20-16-38)56(84)71-43(14-9-25-64-60(62)63)55(83)74-46(31-39-17-21-41(76)22-18-39)54(82)68-33-50(78)66-35-52(80)70-48(30-37-12-7-4-8-13-37)58(86)73-45(59(87)88)24-27-90-2/h3-8,10-13,15-22,42-48,75-76H,9,14,23-35,61H2,1-2H3,(H,65,77)(H,66,78)(H,67,81)(H,68,82)(H,69,79)(H,70,80)(H,71,84)(H,72,85)(H,73,86)(H,74,83)(H,87,88)(H4,62,63,64)/t42-,43-,44-,45-,46-,47-,48-/m0/s1. The summed E-state index contributed by atoms with van der Waals surface area (Å²) in [4.78, 5) is 152. The summed E-state index contributed by atoms with van der Waals surface area (Å²) in [7, 11) is 0. The number of benzene rings is 4. The van der Waals surface area contributed by atoms with Gasteiger partial charge in [-0.05, 0) is 103 Å². The number of carbonyl (C=O) groups is 11. The number of thioether (sulfide) groups is 2. The number of carboxylic acids is 1. The van der Waals surface area contributed by atoms with Crippen molar-refractivity contribution < 1.29 is 68.1 Å². The molecule has 4 aromatic rings. The first-order valence-corrected chi connectivity index (χ1v) is 31.4. The predicted molar refractivity (Wildman–Crippen MR) is 339 cm³/mol. The quantitative estimate of drug-likeness (QED) is 0.0127. The Morgan fingerprint density at radius 2 is 0.778 bits per heavy atom. The van der Waals surface area contributed by atoms with E-state index in [2.05, 4.69) is 58.2 Å². The Labute approximate surface area is 529 Å². The van der Waals surface area contributed by atoms with Crippen LogP contribution in [-0.2, 0) is 78.4 Å². The zero-order valence-electron chi connectivity index (χ0n) is 49.9. The number of nitrogens with two attached hydrogens (primary N) is 3. The zero-order valence-corrected chi connectivity index (χ0v) is 51.5. The lowest BCUT2D eigenvalue weighted by molar-refractivity contribution is -0.142. The van der Waals surface area contributed by atoms with E-state index in [-0.39, 0.29) is 75.4 Å². The van der Waals surface area contributed by atoms with Crippen molar-refractivity contribution in [1.29, 1.82) is 0 Å². The van der Waals surface area contributed by atoms with Crippen molar-refractivity contribution in [3.05, 3.63) is 131 Å². The number of phenolic OH excluding ortho intramolecular Hbond substituents is 2. The van der Waals surface area contributed by atoms with Crippen molar-refractivity contribution in [2.24, 2.45) is 22.2 Å². The van der Waals surface area contributed by atoms with Gasteiger partial charge in [-0.15, -0.1) is 0 Å². The first kappa shape index (κ1) is 73.1. The number of aliphatic carboxylic acids is 1. The van der Waals surface area contributed by atoms with Gasteiger partial charge in [-0.3, -0.25) is 52.9 Å². The summed E-state index contributed by atoms with van der Waals surface area (Å²) in [6.45, 7) is -2.51. The third kappa shape index (κ3) is 28.2. The second kappa shape index (κ2) is 39.5. The van der Waals surface area contributed by atoms with E-state index in [0.717, 1.165) is 0 Å². The van der Waals surface area contributed by atoms with Crippen molar-refractivity contribution in [3.63, 3.8) is 0 Å². The Kier molecular flexibility index (Phi) is 32.0. The predicted octanol–water partition coefficient (Wildman–Crippen LogP) is -2.29. The van der Waals surface area contributed by atoms with Crippen LogP contribution in [0.3, 0.4) is 0 Å². The summed E-state index contributed by atoms with van der Waals surface area (Å²) in [5, 5.41) is 54.5. The number of aliphatic imine (C=N–C) groups is 1. The van der Waals surface area contributed by atoms with E-state index < -0.39 is 134 Å². The first-order valence-electron chi connectivity index (χ1n) is 28.6. The molecule has 0 bridgehead atoms. The van der Waals surface area contributed by atoms with E-state index in [0.29, 0.717) is 33.8 Å². The summed E-state index contributed by atoms with van der Waals surface area (Å²) in [5.74, 6) is -8.82. The van der Waals surface area contributed by atoms with Gasteiger partial charge in [-0.25, -0.2) is 4.79 Å². The number of guanidine groups is 1. The molecule has 0 saturated heterocycles. The molecule has 7 atom stereocenters. The van der Waals surface area contributed by atoms with Gasteiger partial charge < -0.3 is 85.7 Å². The van der Waals surface area contributed by atoms with Gasteiger partial charge in [0.05, 0.1) is 32.2 Å². The second-order valence-electron chi connectivity index (χ2n) is 20.6. The molecular formula is C60H80N14O14S2. The van der Waals surface area contributed by atoms with Gasteiger partial charge >= 0.3 is 5.97 Å². The molecule has 4 rings (SSSR count). The molecule has 19 N–H and O–H groups in total. The highest BCUT2D eigenvalue weighted by Crippen LogP contribution is 2.15. The molecule has 0 fully saturated rings. The molecule has 0 saturated carbocycles. The van der Waals surface area contributed by atoms with Gasteiger partial charge in [-0.2, -0.15) is 23.5 Å². The Bertz CT molecular complexity index is 3060. The molecule has 28 nitrogen and oxygen atoms in total. The van der Waals surface area contributed by atoms with Gasteiger partial charge in [0.25, 0.3) is 0 Å². The minimum absolute atomic E-state index is 0.00972. The largest absolute Gasteiger partial charge is 0.508 e. The molecular weight excluding hydrogens is 1200 g/mol. The summed E-state index contributed by atoms with van der Waals surface area (Å²) < 4.78 is 0. The topological polar surface area (TPSA) is 459 Å². The Hall–Kier alpha value is -9.42. The van der Waals surface area contributed by atoms with Crippen LogP contribution in [0, 0.1) is 0 Å². The highest BCUT2D eigenvalue weighted by Gasteiger charge is 2.33. The molecule has 0 spiro atoms. The Morgan fingerprint density at radius 3 is 1.21 bits per heavy atom. The van der Waals surface area contributed by atoms with E-state index >= 15 is 0 Å². The van der Waals surface area contributed by atoms with E-state index in [1.807, 2.05) is 0 Å². The third-order valence-corrected chi connectivity index (χ3v) is 14.7. The zero-order chi connectivity index (χ0) is 66.0. The molecule has 0 aliphatic heterocycles. The van der Waals surface area contributed by atoms with Crippen LogP contribution in [0.2, 0.25) is 0 Å². The lowest BCUT2D eigenvalue weighted by Crippen LogP contribution is -2.59. The van der Waals surface area contributed by atoms with Crippen molar-refractivity contribution >= 4 is 94.5 Å². The van der Waals surface area contributed by atoms with Crippen molar-refractivity contribution in [1.82, 2.24) is 53.2 Å². The molecule has 486 valence electrons. The minimum atomic E-state index is -1.45. The van der Waals surface area contributed by atoms with Gasteiger partial charge in [0, 0.05) is 25.8 Å². The summed E-state index contributed by atoms with van der Waals surface area (Å²) >= 11 is 2.74. The fraction of sp³-hybridized carbons (Fsp3) is 0.400. The highest BCUT2D eigenvalue weighted by atomic mass is 32.2. The highest BCUT2D eigenvalue weighted by molar-refractivity contribution is 7.98. The monoisotopic (exact) mass is 1280 g/mol. The van der Waals surface area contributed by atoms with Gasteiger partial charge in [-0.1, -0.05) is 84.9 Å². The number of amides is 10. The Morgan fingerprint density at radius 1 is 0.422 bits per heavy atom. The fourth-order valence-corrected chi connectivity index (χ4v) is 9.54. The number of hydrogen-bond acceptors (Lipinski definition) is 17. The smallest absolute Gasteiger partial charge is 0.326 e. The van der Waals surface area contributed by atoms with Crippen LogP contribution >= 0.6 is 23.5 Å². The van der Waals surface area contributed by atoms with Crippen LogP contribution in [0.25, 0.3) is 0 Å². The average molecular weight is 1290 g/mol. The van der Waals surface area contributed by atoms with E-state index in [9.17, 15) is 68.1 Å². The number of rotatable bonds is 39. The first-order chi connectivity index (χ1) is 43.0. The normalized spacial score (nSPS) is 13.1. The van der Waals surface area contributed by atoms with Gasteiger partial charge in [0.2, 0.25) is 59.1 Å². The van der Waals surface area contributed by atoms with Crippen LogP contribution < -0.4 is 70.4 Å². The van der Waals surface area contributed by atoms with E-state index in [4.69, 9.17) is 17.2 Å². The van der Waals surface area contributed by atoms with Crippen LogP contribution in [0.15, 0.2) is 114 Å². The third-order valence-electron chi connectivity index (χ3n) is 13.4. The summed E-state index contributed by atoms with van der Waals surface area (Å²) in [5.41, 5.74) is 19.5. The molecule has 0 aromatic heterocycles. The van der Waals surface area contributed by atoms with Crippen LogP contribution in [0.1, 0.15) is 47.9 Å². The van der Waals surface area contributed by atoms with Crippen molar-refractivity contribution in [2.75, 3.05) is 56.7 Å². The number of nitrogens with one attached hydrogen (secondary N) is 10. The molecule has 0 aliphatic carbocycles. The summed E-state index contributed by atoms with van der Waals surface area (Å²) in [6.07, 6.45) is 3.53. The van der Waals surface area contributed by atoms with E-state index in [1.165, 1.54) is 59.9 Å². The molecule has 0 unspecified atom stereocenters. The molecule has 0 aliphatic rings. The molecule has 90 heavy (non-hydrogen) atoms. The summed E-state index contributed by atoms with van der Waals surface area (Å²) in [6, 6.07) is 20.0. The average Bonchev–Trinajstić information content (AvgIpc) is 3.46. The lowest BCUT2D eigenvalue weighted by atomic mass is 10.0. The number of nitrogens with zero attached hydrogens (tertiary/aromatic N) is 1. The second-order valence-corrected chi connectivity index (χ2v) is 22.5. The van der Waals surface area contributed by atoms with Gasteiger partial charge in [0.1, 0.15) is 47.8 Å². The minimum Gasteiger partial charge on any atom is -0.508 e. The molecule has 30 heteroatoms. The molecule has 4 aromatic carbocycles. The molecule has 10 amide bonds. The number of aromatic hydroxyl groups is 2. The number of carbonyl (C=O) groups excluding carboxylic acids is 10. The number of hydrogen-bond donors (Lipinski definition) is 16. The van der Waals surface area contributed by atoms with E-state index in [1.54, 1.807) is 85.3 Å². The van der Waals surface area contributed by atoms with Crippen LogP contribution in [0.5, 0.6) is 11.5 Å². The Balaban J connectivity index is 1.46. The van der Waals surface area contributed by atoms with Crippen molar-refractivity contribution in [2.45, 2.75) is 93.7 Å². The number of carboxylic acid groups (broad SMARTS) is 1. The van der Waals surface area contributed by atoms with Crippen LogP contribution in [-0.4, -0.2) is 185 Å². The van der Waals surface area contributed by atoms with Crippen LogP contribution in [0.4, 0.5) is 0 Å². The number of phenols is 2. The fourth-order valence-electron chi connectivity index (χ4n) is 8.60. The maximum Gasteiger partial charge on any atom is 0.326 e.